The van der Waals surface area contributed by atoms with Gasteiger partial charge in [-0.05, 0) is 31.5 Å². The number of hydrogen-bond donors (Lipinski definition) is 1. The third kappa shape index (κ3) is 2.47. The second kappa shape index (κ2) is 4.50. The molecular formula is C10H13NO2. The molecule has 0 aliphatic rings. The number of ether oxygens (including phenoxy) is 1. The fourth-order valence-corrected chi connectivity index (χ4v) is 1.10. The molecule has 3 nitrogen and oxygen atoms in total. The zero-order chi connectivity index (χ0) is 9.68. The van der Waals surface area contributed by atoms with Crippen molar-refractivity contribution >= 4 is 12.1 Å². The van der Waals surface area contributed by atoms with Gasteiger partial charge in [-0.3, -0.25) is 4.79 Å². The van der Waals surface area contributed by atoms with E-state index in [2.05, 4.69) is 5.32 Å². The van der Waals surface area contributed by atoms with Crippen LogP contribution in [0, 0.1) is 6.92 Å². The molecule has 3 heteroatoms. The van der Waals surface area contributed by atoms with Gasteiger partial charge in [0.25, 0.3) is 0 Å². The average Bonchev–Trinajstić information content (AvgIpc) is 2.10. The molecule has 0 spiro atoms. The van der Waals surface area contributed by atoms with Gasteiger partial charge in [-0.15, -0.1) is 0 Å². The number of hydrogen-bond acceptors (Lipinski definition) is 2. The SMILES string of the molecule is CCOc1ccc(C)cc1NC=O. The Morgan fingerprint density at radius 3 is 2.92 bits per heavy atom. The highest BCUT2D eigenvalue weighted by Crippen LogP contribution is 2.24. The predicted molar refractivity (Wildman–Crippen MR) is 52.0 cm³/mol. The summed E-state index contributed by atoms with van der Waals surface area (Å²) in [6.45, 7) is 4.47. The van der Waals surface area contributed by atoms with Gasteiger partial charge in [0.2, 0.25) is 6.41 Å². The largest absolute Gasteiger partial charge is 0.492 e. The van der Waals surface area contributed by atoms with E-state index in [0.717, 1.165) is 11.3 Å². The van der Waals surface area contributed by atoms with Gasteiger partial charge in [-0.2, -0.15) is 0 Å². The molecule has 0 aromatic heterocycles. The molecule has 1 amide bonds. The van der Waals surface area contributed by atoms with Crippen molar-refractivity contribution in [1.29, 1.82) is 0 Å². The number of rotatable bonds is 4. The first kappa shape index (κ1) is 9.58. The summed E-state index contributed by atoms with van der Waals surface area (Å²) in [4.78, 5) is 10.3. The standard InChI is InChI=1S/C10H13NO2/c1-3-13-10-5-4-8(2)6-9(10)11-7-12/h4-7H,3H2,1-2H3,(H,11,12). The molecule has 1 N–H and O–H groups in total. The lowest BCUT2D eigenvalue weighted by molar-refractivity contribution is -0.105. The molecule has 0 saturated heterocycles. The summed E-state index contributed by atoms with van der Waals surface area (Å²) in [5.41, 5.74) is 1.81. The maximum Gasteiger partial charge on any atom is 0.211 e. The maximum atomic E-state index is 10.3. The Balaban J connectivity index is 2.95. The number of carbonyl (C=O) groups excluding carboxylic acids is 1. The van der Waals surface area contributed by atoms with Crippen molar-refractivity contribution in [3.63, 3.8) is 0 Å². The fraction of sp³-hybridized carbons (Fsp3) is 0.300. The van der Waals surface area contributed by atoms with Crippen molar-refractivity contribution in [2.75, 3.05) is 11.9 Å². The van der Waals surface area contributed by atoms with Crippen LogP contribution in [0.2, 0.25) is 0 Å². The summed E-state index contributed by atoms with van der Waals surface area (Å²) in [6, 6.07) is 5.67. The third-order valence-electron chi connectivity index (χ3n) is 1.65. The minimum absolute atomic E-state index is 0.594. The minimum atomic E-state index is 0.594. The van der Waals surface area contributed by atoms with Crippen LogP contribution in [0.4, 0.5) is 5.69 Å². The van der Waals surface area contributed by atoms with Crippen LogP contribution < -0.4 is 10.1 Å². The maximum absolute atomic E-state index is 10.3. The number of benzene rings is 1. The molecule has 1 aromatic rings. The second-order valence-corrected chi connectivity index (χ2v) is 2.69. The van der Waals surface area contributed by atoms with Gasteiger partial charge in [0, 0.05) is 0 Å². The Hall–Kier alpha value is -1.51. The summed E-state index contributed by atoms with van der Waals surface area (Å²) >= 11 is 0. The molecule has 0 aliphatic carbocycles. The fourth-order valence-electron chi connectivity index (χ4n) is 1.10. The van der Waals surface area contributed by atoms with Crippen LogP contribution in [0.25, 0.3) is 0 Å². The molecular weight excluding hydrogens is 166 g/mol. The van der Waals surface area contributed by atoms with Crippen molar-refractivity contribution in [3.05, 3.63) is 23.8 Å². The Morgan fingerprint density at radius 2 is 2.31 bits per heavy atom. The first-order valence-electron chi connectivity index (χ1n) is 4.21. The second-order valence-electron chi connectivity index (χ2n) is 2.69. The van der Waals surface area contributed by atoms with Gasteiger partial charge in [-0.1, -0.05) is 6.07 Å². The van der Waals surface area contributed by atoms with Crippen LogP contribution >= 0.6 is 0 Å². The van der Waals surface area contributed by atoms with Gasteiger partial charge in [-0.25, -0.2) is 0 Å². The minimum Gasteiger partial charge on any atom is -0.492 e. The Bertz CT molecular complexity index is 297. The summed E-state index contributed by atoms with van der Waals surface area (Å²) in [5, 5.41) is 2.60. The number of anilines is 1. The molecule has 70 valence electrons. The van der Waals surface area contributed by atoms with Crippen LogP contribution in [0.15, 0.2) is 18.2 Å². The normalized spacial score (nSPS) is 9.38. The summed E-state index contributed by atoms with van der Waals surface area (Å²) < 4.78 is 5.32. The Kier molecular flexibility index (Phi) is 3.31. The van der Waals surface area contributed by atoms with Gasteiger partial charge >= 0.3 is 0 Å². The molecule has 0 aliphatic heterocycles. The van der Waals surface area contributed by atoms with E-state index in [-0.39, 0.29) is 0 Å². The van der Waals surface area contributed by atoms with Gasteiger partial charge in [0.1, 0.15) is 5.75 Å². The van der Waals surface area contributed by atoms with E-state index in [4.69, 9.17) is 4.74 Å². The molecule has 0 heterocycles. The van der Waals surface area contributed by atoms with E-state index < -0.39 is 0 Å². The number of nitrogens with one attached hydrogen (secondary N) is 1. The van der Waals surface area contributed by atoms with Crippen LogP contribution in [-0.2, 0) is 4.79 Å². The van der Waals surface area contributed by atoms with Gasteiger partial charge < -0.3 is 10.1 Å². The lowest BCUT2D eigenvalue weighted by atomic mass is 10.2. The summed E-state index contributed by atoms with van der Waals surface area (Å²) in [5.74, 6) is 0.709. The van der Waals surface area contributed by atoms with E-state index in [1.807, 2.05) is 32.0 Å². The first-order valence-corrected chi connectivity index (χ1v) is 4.21. The molecule has 13 heavy (non-hydrogen) atoms. The molecule has 0 radical (unpaired) electrons. The smallest absolute Gasteiger partial charge is 0.211 e. The zero-order valence-corrected chi connectivity index (χ0v) is 7.83. The predicted octanol–water partition coefficient (Wildman–Crippen LogP) is 1.96. The molecule has 1 rings (SSSR count). The van der Waals surface area contributed by atoms with Crippen LogP contribution in [0.3, 0.4) is 0 Å². The summed E-state index contributed by atoms with van der Waals surface area (Å²) in [7, 11) is 0. The Morgan fingerprint density at radius 1 is 1.54 bits per heavy atom. The first-order chi connectivity index (χ1) is 6.27. The van der Waals surface area contributed by atoms with E-state index in [1.54, 1.807) is 0 Å². The van der Waals surface area contributed by atoms with E-state index in [1.165, 1.54) is 0 Å². The van der Waals surface area contributed by atoms with Gasteiger partial charge in [0.05, 0.1) is 12.3 Å². The van der Waals surface area contributed by atoms with Crippen molar-refractivity contribution in [2.45, 2.75) is 13.8 Å². The third-order valence-corrected chi connectivity index (χ3v) is 1.65. The topological polar surface area (TPSA) is 38.3 Å². The molecule has 1 aromatic carbocycles. The monoisotopic (exact) mass is 179 g/mol. The number of carbonyl (C=O) groups is 1. The van der Waals surface area contributed by atoms with Crippen LogP contribution in [0.5, 0.6) is 5.75 Å². The highest BCUT2D eigenvalue weighted by atomic mass is 16.5. The number of amides is 1. The van der Waals surface area contributed by atoms with E-state index in [9.17, 15) is 4.79 Å². The van der Waals surface area contributed by atoms with Crippen molar-refractivity contribution in [3.8, 4) is 5.75 Å². The quantitative estimate of drug-likeness (QED) is 0.717. The van der Waals surface area contributed by atoms with Crippen molar-refractivity contribution in [1.82, 2.24) is 0 Å². The van der Waals surface area contributed by atoms with Gasteiger partial charge in [0.15, 0.2) is 0 Å². The van der Waals surface area contributed by atoms with Crippen molar-refractivity contribution < 1.29 is 9.53 Å². The van der Waals surface area contributed by atoms with Crippen molar-refractivity contribution in [2.24, 2.45) is 0 Å². The van der Waals surface area contributed by atoms with E-state index >= 15 is 0 Å². The zero-order valence-electron chi connectivity index (χ0n) is 7.83. The molecule has 0 unspecified atom stereocenters. The Labute approximate surface area is 77.7 Å². The summed E-state index contributed by atoms with van der Waals surface area (Å²) in [6.07, 6.45) is 0.650. The molecule has 0 atom stereocenters. The lowest BCUT2D eigenvalue weighted by Gasteiger charge is -2.09. The molecule has 0 fully saturated rings. The van der Waals surface area contributed by atoms with Crippen LogP contribution in [-0.4, -0.2) is 13.0 Å². The van der Waals surface area contributed by atoms with Crippen LogP contribution in [0.1, 0.15) is 12.5 Å². The highest BCUT2D eigenvalue weighted by Gasteiger charge is 2.01. The molecule has 0 saturated carbocycles. The molecule has 0 bridgehead atoms. The number of aryl methyl sites for hydroxylation is 1. The lowest BCUT2D eigenvalue weighted by Crippen LogP contribution is -2.00. The average molecular weight is 179 g/mol. The van der Waals surface area contributed by atoms with E-state index in [0.29, 0.717) is 18.8 Å². The highest BCUT2D eigenvalue weighted by molar-refractivity contribution is 5.75.